The lowest BCUT2D eigenvalue weighted by Crippen LogP contribution is -1.84. The number of H-pyrrole nitrogens is 1. The molecule has 1 N–H and O–H groups in total. The second-order valence-corrected chi connectivity index (χ2v) is 3.72. The number of aromatic amines is 1. The summed E-state index contributed by atoms with van der Waals surface area (Å²) < 4.78 is 0. The molecule has 70 valence electrons. The number of aromatic nitrogens is 2. The van der Waals surface area contributed by atoms with E-state index in [1.165, 1.54) is 35.8 Å². The summed E-state index contributed by atoms with van der Waals surface area (Å²) in [6.45, 7) is 0. The summed E-state index contributed by atoms with van der Waals surface area (Å²) in [6, 6.07) is 4.23. The molecule has 3 rings (SSSR count). The molecule has 0 saturated heterocycles. The summed E-state index contributed by atoms with van der Waals surface area (Å²) in [5.41, 5.74) is 3.83. The molecule has 2 heterocycles. The van der Waals surface area contributed by atoms with E-state index in [1.807, 2.05) is 12.4 Å². The Morgan fingerprint density at radius 1 is 1.29 bits per heavy atom. The van der Waals surface area contributed by atoms with Gasteiger partial charge in [0.25, 0.3) is 0 Å². The fourth-order valence-electron chi connectivity index (χ4n) is 2.16. The largest absolute Gasteiger partial charge is 0.346 e. The summed E-state index contributed by atoms with van der Waals surface area (Å²) in [7, 11) is 0. The Kier molecular flexibility index (Phi) is 1.66. The van der Waals surface area contributed by atoms with Gasteiger partial charge in [-0.2, -0.15) is 0 Å². The summed E-state index contributed by atoms with van der Waals surface area (Å²) in [4.78, 5) is 7.44. The fourth-order valence-corrected chi connectivity index (χ4v) is 2.16. The van der Waals surface area contributed by atoms with E-state index in [2.05, 4.69) is 28.2 Å². The van der Waals surface area contributed by atoms with Crippen molar-refractivity contribution in [2.75, 3.05) is 0 Å². The number of hydrogen-bond donors (Lipinski definition) is 1. The topological polar surface area (TPSA) is 28.7 Å². The van der Waals surface area contributed by atoms with Gasteiger partial charge in [-0.05, 0) is 42.5 Å². The maximum atomic E-state index is 4.29. The predicted molar refractivity (Wildman–Crippen MR) is 57.9 cm³/mol. The number of allylic oxidation sites excluding steroid dienone is 2. The molecule has 0 atom stereocenters. The molecular weight excluding hydrogens is 172 g/mol. The normalized spacial score (nSPS) is 16.1. The van der Waals surface area contributed by atoms with Gasteiger partial charge in [0.2, 0.25) is 0 Å². The second-order valence-electron chi connectivity index (χ2n) is 3.72. The van der Waals surface area contributed by atoms with Crippen molar-refractivity contribution in [1.82, 2.24) is 9.97 Å². The lowest BCUT2D eigenvalue weighted by molar-refractivity contribution is 0.935. The van der Waals surface area contributed by atoms with E-state index >= 15 is 0 Å². The van der Waals surface area contributed by atoms with E-state index in [-0.39, 0.29) is 0 Å². The van der Waals surface area contributed by atoms with Crippen LogP contribution in [0.1, 0.15) is 24.8 Å². The van der Waals surface area contributed by atoms with Gasteiger partial charge in [0.15, 0.2) is 0 Å². The van der Waals surface area contributed by atoms with Gasteiger partial charge in [0, 0.05) is 17.8 Å². The Bertz CT molecular complexity index is 494. The van der Waals surface area contributed by atoms with Crippen LogP contribution >= 0.6 is 0 Å². The van der Waals surface area contributed by atoms with E-state index < -0.39 is 0 Å². The third-order valence-electron chi connectivity index (χ3n) is 2.85. The quantitative estimate of drug-likeness (QED) is 0.724. The number of nitrogens with one attached hydrogen (secondary N) is 1. The Morgan fingerprint density at radius 3 is 3.14 bits per heavy atom. The molecule has 0 radical (unpaired) electrons. The molecular formula is C12H12N2. The smallest absolute Gasteiger partial charge is 0.137 e. The highest BCUT2D eigenvalue weighted by Crippen LogP contribution is 2.31. The third-order valence-corrected chi connectivity index (χ3v) is 2.85. The summed E-state index contributed by atoms with van der Waals surface area (Å²) in [5.74, 6) is 0. The summed E-state index contributed by atoms with van der Waals surface area (Å²) >= 11 is 0. The van der Waals surface area contributed by atoms with Crippen molar-refractivity contribution in [3.8, 4) is 0 Å². The number of hydrogen-bond acceptors (Lipinski definition) is 1. The molecule has 14 heavy (non-hydrogen) atoms. The molecule has 2 aromatic rings. The molecule has 2 heteroatoms. The van der Waals surface area contributed by atoms with Crippen molar-refractivity contribution < 1.29 is 0 Å². The Balaban J connectivity index is 2.24. The molecule has 0 aromatic carbocycles. The lowest BCUT2D eigenvalue weighted by Gasteiger charge is -2.02. The van der Waals surface area contributed by atoms with Gasteiger partial charge in [-0.1, -0.05) is 6.08 Å². The van der Waals surface area contributed by atoms with Crippen LogP contribution in [0.4, 0.5) is 0 Å². The minimum atomic E-state index is 0.996. The standard InChI is InChI=1S/C12H12N2/c1-2-4-9(3-1)10-5-7-13-12-11(10)6-8-14-12/h3,5-8H,1-2,4H2,(H,13,14). The minimum absolute atomic E-state index is 0.996. The van der Waals surface area contributed by atoms with E-state index in [4.69, 9.17) is 0 Å². The maximum absolute atomic E-state index is 4.29. The van der Waals surface area contributed by atoms with Gasteiger partial charge in [0.05, 0.1) is 0 Å². The SMILES string of the molecule is C1=C(c2ccnc3[nH]ccc23)CCC1. The van der Waals surface area contributed by atoms with Gasteiger partial charge in [-0.25, -0.2) is 4.98 Å². The molecule has 2 nitrogen and oxygen atoms in total. The van der Waals surface area contributed by atoms with E-state index in [9.17, 15) is 0 Å². The molecule has 1 aliphatic carbocycles. The van der Waals surface area contributed by atoms with Crippen LogP contribution in [0.2, 0.25) is 0 Å². The maximum Gasteiger partial charge on any atom is 0.137 e. The molecule has 0 bridgehead atoms. The first-order valence-electron chi connectivity index (χ1n) is 5.06. The number of rotatable bonds is 1. The number of pyridine rings is 1. The van der Waals surface area contributed by atoms with E-state index in [0.717, 1.165) is 5.65 Å². The second kappa shape index (κ2) is 2.98. The van der Waals surface area contributed by atoms with Crippen molar-refractivity contribution in [2.24, 2.45) is 0 Å². The molecule has 0 aliphatic heterocycles. The molecule has 0 saturated carbocycles. The molecule has 0 spiro atoms. The van der Waals surface area contributed by atoms with Gasteiger partial charge in [-0.3, -0.25) is 0 Å². The van der Waals surface area contributed by atoms with Crippen LogP contribution in [0.3, 0.4) is 0 Å². The van der Waals surface area contributed by atoms with Crippen LogP contribution in [-0.4, -0.2) is 9.97 Å². The van der Waals surface area contributed by atoms with Crippen LogP contribution in [0.5, 0.6) is 0 Å². The molecule has 0 fully saturated rings. The van der Waals surface area contributed by atoms with Crippen LogP contribution < -0.4 is 0 Å². The van der Waals surface area contributed by atoms with Gasteiger partial charge in [0.1, 0.15) is 5.65 Å². The summed E-state index contributed by atoms with van der Waals surface area (Å²) in [5, 5.41) is 1.25. The van der Waals surface area contributed by atoms with Crippen LogP contribution in [0, 0.1) is 0 Å². The van der Waals surface area contributed by atoms with Gasteiger partial charge in [-0.15, -0.1) is 0 Å². The zero-order chi connectivity index (χ0) is 9.38. The van der Waals surface area contributed by atoms with Crippen LogP contribution in [-0.2, 0) is 0 Å². The first-order valence-corrected chi connectivity index (χ1v) is 5.06. The first kappa shape index (κ1) is 7.80. The van der Waals surface area contributed by atoms with Gasteiger partial charge < -0.3 is 4.98 Å². The zero-order valence-corrected chi connectivity index (χ0v) is 7.96. The molecule has 1 aliphatic rings. The summed E-state index contributed by atoms with van der Waals surface area (Å²) in [6.07, 6.45) is 9.92. The number of fused-ring (bicyclic) bond motifs is 1. The highest BCUT2D eigenvalue weighted by Gasteiger charge is 2.10. The highest BCUT2D eigenvalue weighted by atomic mass is 14.8. The van der Waals surface area contributed by atoms with Crippen molar-refractivity contribution >= 4 is 16.6 Å². The first-order chi connectivity index (χ1) is 6.95. The molecule has 2 aromatic heterocycles. The Morgan fingerprint density at radius 2 is 2.29 bits per heavy atom. The van der Waals surface area contributed by atoms with Gasteiger partial charge >= 0.3 is 0 Å². The zero-order valence-electron chi connectivity index (χ0n) is 7.96. The minimum Gasteiger partial charge on any atom is -0.346 e. The van der Waals surface area contributed by atoms with Crippen molar-refractivity contribution in [2.45, 2.75) is 19.3 Å². The molecule has 0 unspecified atom stereocenters. The van der Waals surface area contributed by atoms with Crippen LogP contribution in [0.25, 0.3) is 16.6 Å². The van der Waals surface area contributed by atoms with Crippen molar-refractivity contribution in [3.05, 3.63) is 36.2 Å². The van der Waals surface area contributed by atoms with Crippen LogP contribution in [0.15, 0.2) is 30.6 Å². The Labute approximate surface area is 82.7 Å². The van der Waals surface area contributed by atoms with Crippen molar-refractivity contribution in [1.29, 1.82) is 0 Å². The fraction of sp³-hybridized carbons (Fsp3) is 0.250. The van der Waals surface area contributed by atoms with Crippen molar-refractivity contribution in [3.63, 3.8) is 0 Å². The van der Waals surface area contributed by atoms with E-state index in [0.29, 0.717) is 0 Å². The highest BCUT2D eigenvalue weighted by molar-refractivity contribution is 5.90. The Hall–Kier alpha value is -1.57. The molecule has 0 amide bonds. The van der Waals surface area contributed by atoms with E-state index in [1.54, 1.807) is 0 Å². The average molecular weight is 184 g/mol. The predicted octanol–water partition coefficient (Wildman–Crippen LogP) is 3.13. The number of nitrogens with zero attached hydrogens (tertiary/aromatic N) is 1. The monoisotopic (exact) mass is 184 g/mol. The lowest BCUT2D eigenvalue weighted by atomic mass is 10.0. The average Bonchev–Trinajstić information content (AvgIpc) is 2.88. The third kappa shape index (κ3) is 1.07.